The van der Waals surface area contributed by atoms with E-state index in [0.717, 1.165) is 36.4 Å². The largest absolute Gasteiger partial charge is 0.497 e. The summed E-state index contributed by atoms with van der Waals surface area (Å²) in [6.45, 7) is 8.70. The molecule has 0 atom stereocenters. The number of carbonyl (C=O) groups excluding carboxylic acids is 2. The number of nitrogens with one attached hydrogen (secondary N) is 1. The molecule has 0 aliphatic rings. The summed E-state index contributed by atoms with van der Waals surface area (Å²) in [6.07, 6.45) is 2.79. The van der Waals surface area contributed by atoms with Crippen LogP contribution in [0.3, 0.4) is 0 Å². The second-order valence-electron chi connectivity index (χ2n) is 9.96. The molecule has 37 heavy (non-hydrogen) atoms. The first-order chi connectivity index (χ1) is 17.7. The molecule has 1 aromatic heterocycles. The quantitative estimate of drug-likeness (QED) is 0.349. The molecular weight excluding hydrogens is 468 g/mol. The van der Waals surface area contributed by atoms with Crippen LogP contribution in [0.15, 0.2) is 54.6 Å². The van der Waals surface area contributed by atoms with E-state index >= 15 is 0 Å². The summed E-state index contributed by atoms with van der Waals surface area (Å²) in [5.41, 5.74) is 1.84. The minimum atomic E-state index is -0.296. The van der Waals surface area contributed by atoms with Gasteiger partial charge in [0.15, 0.2) is 0 Å². The number of methoxy groups -OCH3 is 2. The summed E-state index contributed by atoms with van der Waals surface area (Å²) in [5, 5.41) is 7.76. The Labute approximate surface area is 219 Å². The summed E-state index contributed by atoms with van der Waals surface area (Å²) in [6, 6.07) is 16.4. The number of ether oxygens (including phenoxy) is 2. The van der Waals surface area contributed by atoms with E-state index in [2.05, 4.69) is 33.0 Å². The predicted octanol–water partition coefficient (Wildman–Crippen LogP) is 5.46. The van der Waals surface area contributed by atoms with E-state index in [4.69, 9.17) is 14.6 Å². The van der Waals surface area contributed by atoms with E-state index in [1.165, 1.54) is 7.11 Å². The lowest BCUT2D eigenvalue weighted by Crippen LogP contribution is -2.39. The normalized spacial score (nSPS) is 11.2. The van der Waals surface area contributed by atoms with Crippen LogP contribution in [0.1, 0.15) is 63.0 Å². The zero-order valence-corrected chi connectivity index (χ0v) is 22.7. The number of aromatic nitrogens is 2. The van der Waals surface area contributed by atoms with Crippen molar-refractivity contribution in [2.75, 3.05) is 32.6 Å². The predicted molar refractivity (Wildman–Crippen MR) is 146 cm³/mol. The third kappa shape index (κ3) is 7.12. The molecule has 0 fully saturated rings. The van der Waals surface area contributed by atoms with Crippen molar-refractivity contribution in [1.29, 1.82) is 0 Å². The van der Waals surface area contributed by atoms with E-state index in [1.807, 2.05) is 36.4 Å². The molecule has 0 bridgehead atoms. The maximum atomic E-state index is 13.4. The van der Waals surface area contributed by atoms with Crippen molar-refractivity contribution in [2.45, 2.75) is 52.4 Å². The molecular formula is C29H38N4O4. The van der Waals surface area contributed by atoms with Gasteiger partial charge in [-0.05, 0) is 42.8 Å². The minimum absolute atomic E-state index is 0.0841. The maximum Gasteiger partial charge on any atom is 0.258 e. The van der Waals surface area contributed by atoms with E-state index in [9.17, 15) is 9.59 Å². The molecule has 3 rings (SSSR count). The Morgan fingerprint density at radius 1 is 1.00 bits per heavy atom. The highest BCUT2D eigenvalue weighted by molar-refractivity contribution is 6.00. The maximum absolute atomic E-state index is 13.4. The van der Waals surface area contributed by atoms with Crippen molar-refractivity contribution in [1.82, 2.24) is 14.7 Å². The lowest BCUT2D eigenvalue weighted by atomic mass is 9.92. The van der Waals surface area contributed by atoms with Gasteiger partial charge in [-0.3, -0.25) is 9.59 Å². The van der Waals surface area contributed by atoms with Crippen molar-refractivity contribution in [3.05, 3.63) is 65.9 Å². The molecule has 8 heteroatoms. The second kappa shape index (κ2) is 12.4. The highest BCUT2D eigenvalue weighted by Gasteiger charge is 2.24. The van der Waals surface area contributed by atoms with Crippen molar-refractivity contribution in [3.8, 4) is 17.2 Å². The molecule has 0 aliphatic carbocycles. The van der Waals surface area contributed by atoms with Gasteiger partial charge >= 0.3 is 0 Å². The number of unbranched alkanes of at least 4 members (excludes halogenated alkanes) is 2. The molecule has 8 nitrogen and oxygen atoms in total. The molecule has 0 saturated heterocycles. The third-order valence-corrected chi connectivity index (χ3v) is 6.05. The summed E-state index contributed by atoms with van der Waals surface area (Å²) in [7, 11) is 3.15. The summed E-state index contributed by atoms with van der Waals surface area (Å²) < 4.78 is 12.4. The SMILES string of the molecule is CCCCCN(CC(=O)Nc1cc(C(C)(C)C)nn1-c1ccc(OC)cc1)C(=O)c1ccccc1OC. The first-order valence-corrected chi connectivity index (χ1v) is 12.6. The fraction of sp³-hybridized carbons (Fsp3) is 0.414. The van der Waals surface area contributed by atoms with Gasteiger partial charge in [0, 0.05) is 18.0 Å². The second-order valence-corrected chi connectivity index (χ2v) is 9.96. The smallest absolute Gasteiger partial charge is 0.258 e. The molecule has 0 unspecified atom stereocenters. The number of para-hydroxylation sites is 1. The van der Waals surface area contributed by atoms with E-state index in [1.54, 1.807) is 34.9 Å². The molecule has 2 aromatic carbocycles. The fourth-order valence-corrected chi connectivity index (χ4v) is 3.91. The summed E-state index contributed by atoms with van der Waals surface area (Å²) in [5.74, 6) is 1.23. The number of anilines is 1. The van der Waals surface area contributed by atoms with Crippen LogP contribution in [0, 0.1) is 0 Å². The Morgan fingerprint density at radius 3 is 2.32 bits per heavy atom. The summed E-state index contributed by atoms with van der Waals surface area (Å²) in [4.78, 5) is 28.3. The Hall–Kier alpha value is -3.81. The van der Waals surface area contributed by atoms with Crippen molar-refractivity contribution in [2.24, 2.45) is 0 Å². The minimum Gasteiger partial charge on any atom is -0.497 e. The van der Waals surface area contributed by atoms with Gasteiger partial charge in [0.1, 0.15) is 23.9 Å². The molecule has 1 N–H and O–H groups in total. The van der Waals surface area contributed by atoms with E-state index in [-0.39, 0.29) is 23.8 Å². The number of carbonyl (C=O) groups is 2. The topological polar surface area (TPSA) is 85.7 Å². The number of benzene rings is 2. The van der Waals surface area contributed by atoms with Crippen LogP contribution in [-0.2, 0) is 10.2 Å². The number of amides is 2. The van der Waals surface area contributed by atoms with Gasteiger partial charge < -0.3 is 19.7 Å². The molecule has 0 spiro atoms. The Kier molecular flexibility index (Phi) is 9.33. The number of rotatable bonds is 11. The number of nitrogens with zero attached hydrogens (tertiary/aromatic N) is 3. The van der Waals surface area contributed by atoms with Crippen LogP contribution >= 0.6 is 0 Å². The van der Waals surface area contributed by atoms with Gasteiger partial charge in [-0.2, -0.15) is 5.10 Å². The molecule has 1 heterocycles. The lowest BCUT2D eigenvalue weighted by Gasteiger charge is -2.23. The molecule has 2 amide bonds. The van der Waals surface area contributed by atoms with Gasteiger partial charge in [-0.25, -0.2) is 4.68 Å². The van der Waals surface area contributed by atoms with Gasteiger partial charge in [-0.15, -0.1) is 0 Å². The van der Waals surface area contributed by atoms with Gasteiger partial charge in [0.05, 0.1) is 31.2 Å². The Balaban J connectivity index is 1.87. The van der Waals surface area contributed by atoms with Crippen LogP contribution in [-0.4, -0.2) is 53.8 Å². The van der Waals surface area contributed by atoms with Gasteiger partial charge in [0.25, 0.3) is 5.91 Å². The van der Waals surface area contributed by atoms with E-state index in [0.29, 0.717) is 23.7 Å². The van der Waals surface area contributed by atoms with Crippen LogP contribution in [0.4, 0.5) is 5.82 Å². The van der Waals surface area contributed by atoms with Crippen LogP contribution in [0.25, 0.3) is 5.69 Å². The molecule has 3 aromatic rings. The molecule has 0 radical (unpaired) electrons. The first-order valence-electron chi connectivity index (χ1n) is 12.6. The standard InChI is InChI=1S/C29H38N4O4/c1-7-8-11-18-32(28(35)23-12-9-10-13-24(23)37-6)20-27(34)30-26-19-25(29(2,3)4)31-33(26)21-14-16-22(36-5)17-15-21/h9-10,12-17,19H,7-8,11,18,20H2,1-6H3,(H,30,34). The number of hydrogen-bond donors (Lipinski definition) is 1. The molecule has 198 valence electrons. The highest BCUT2D eigenvalue weighted by atomic mass is 16.5. The Morgan fingerprint density at radius 2 is 1.70 bits per heavy atom. The lowest BCUT2D eigenvalue weighted by molar-refractivity contribution is -0.117. The Bertz CT molecular complexity index is 1200. The van der Waals surface area contributed by atoms with Crippen LogP contribution in [0.5, 0.6) is 11.5 Å². The monoisotopic (exact) mass is 506 g/mol. The van der Waals surface area contributed by atoms with Crippen molar-refractivity contribution in [3.63, 3.8) is 0 Å². The van der Waals surface area contributed by atoms with Crippen molar-refractivity contribution >= 4 is 17.6 Å². The summed E-state index contributed by atoms with van der Waals surface area (Å²) >= 11 is 0. The van der Waals surface area contributed by atoms with Gasteiger partial charge in [0.2, 0.25) is 5.91 Å². The molecule has 0 saturated carbocycles. The average molecular weight is 507 g/mol. The van der Waals surface area contributed by atoms with Crippen LogP contribution < -0.4 is 14.8 Å². The van der Waals surface area contributed by atoms with Gasteiger partial charge in [-0.1, -0.05) is 52.7 Å². The average Bonchev–Trinajstić information content (AvgIpc) is 3.32. The van der Waals surface area contributed by atoms with Crippen molar-refractivity contribution < 1.29 is 19.1 Å². The molecule has 0 aliphatic heterocycles. The third-order valence-electron chi connectivity index (χ3n) is 6.05. The zero-order chi connectivity index (χ0) is 27.0. The zero-order valence-electron chi connectivity index (χ0n) is 22.7. The first kappa shape index (κ1) is 27.8. The van der Waals surface area contributed by atoms with Crippen LogP contribution in [0.2, 0.25) is 0 Å². The fourth-order valence-electron chi connectivity index (χ4n) is 3.91. The number of hydrogen-bond acceptors (Lipinski definition) is 5. The highest BCUT2D eigenvalue weighted by Crippen LogP contribution is 2.27. The van der Waals surface area contributed by atoms with E-state index < -0.39 is 0 Å².